The Hall–Kier alpha value is -2.81. The van der Waals surface area contributed by atoms with Crippen LogP contribution in [0, 0.1) is 31.6 Å². The van der Waals surface area contributed by atoms with E-state index in [0.717, 1.165) is 36.5 Å². The van der Waals surface area contributed by atoms with Crippen LogP contribution in [0.15, 0.2) is 59.6 Å². The smallest absolute Gasteiger partial charge is 0.0630 e. The van der Waals surface area contributed by atoms with Crippen LogP contribution in [0.5, 0.6) is 0 Å². The Morgan fingerprint density at radius 3 is 2.00 bits per heavy atom. The van der Waals surface area contributed by atoms with Crippen molar-refractivity contribution in [2.45, 2.75) is 71.6 Å². The van der Waals surface area contributed by atoms with Crippen LogP contribution in [-0.4, -0.2) is 23.9 Å². The molecular weight excluding hydrogens is 438 g/mol. The molecule has 4 saturated carbocycles. The number of nitrogens with zero attached hydrogens (tertiary/aromatic N) is 3. The Morgan fingerprint density at radius 2 is 1.44 bits per heavy atom. The van der Waals surface area contributed by atoms with Crippen molar-refractivity contribution in [2.24, 2.45) is 22.7 Å². The lowest BCUT2D eigenvalue weighted by Gasteiger charge is -2.57. The Kier molecular flexibility index (Phi) is 6.06. The molecule has 0 unspecified atom stereocenters. The topological polar surface area (TPSA) is 20.5 Å². The van der Waals surface area contributed by atoms with E-state index in [1.807, 2.05) is 6.21 Å². The third-order valence-electron chi connectivity index (χ3n) is 9.58. The predicted octanol–water partition coefficient (Wildman–Crippen LogP) is 8.16. The van der Waals surface area contributed by atoms with E-state index in [-0.39, 0.29) is 0 Å². The lowest BCUT2D eigenvalue weighted by atomic mass is 9.48. The maximum absolute atomic E-state index is 4.89. The fraction of sp³-hybridized carbons (Fsp3) is 0.485. The highest BCUT2D eigenvalue weighted by molar-refractivity contribution is 5.84. The lowest BCUT2D eigenvalue weighted by Crippen LogP contribution is -2.48. The van der Waals surface area contributed by atoms with E-state index in [1.165, 1.54) is 66.9 Å². The van der Waals surface area contributed by atoms with Crippen LogP contribution in [0.1, 0.15) is 74.9 Å². The van der Waals surface area contributed by atoms with E-state index in [0.29, 0.717) is 5.41 Å². The monoisotopic (exact) mass is 479 g/mol. The lowest BCUT2D eigenvalue weighted by molar-refractivity contribution is -0.00518. The van der Waals surface area contributed by atoms with Gasteiger partial charge in [-0.05, 0) is 137 Å². The first-order chi connectivity index (χ1) is 17.5. The summed E-state index contributed by atoms with van der Waals surface area (Å²) in [6.45, 7) is 10.9. The van der Waals surface area contributed by atoms with E-state index < -0.39 is 0 Å². The van der Waals surface area contributed by atoms with Crippen molar-refractivity contribution in [1.82, 2.24) is 4.57 Å². The summed E-state index contributed by atoms with van der Waals surface area (Å²) in [6.07, 6.45) is 10.8. The number of anilines is 1. The molecule has 4 aliphatic rings. The molecule has 3 nitrogen and oxygen atoms in total. The zero-order valence-electron chi connectivity index (χ0n) is 22.5. The predicted molar refractivity (Wildman–Crippen MR) is 152 cm³/mol. The molecule has 0 saturated heterocycles. The first-order valence-electron chi connectivity index (χ1n) is 14.2. The highest BCUT2D eigenvalue weighted by atomic mass is 15.1. The van der Waals surface area contributed by atoms with E-state index in [2.05, 4.69) is 91.8 Å². The molecule has 36 heavy (non-hydrogen) atoms. The van der Waals surface area contributed by atoms with Crippen molar-refractivity contribution in [1.29, 1.82) is 0 Å². The summed E-state index contributed by atoms with van der Waals surface area (Å²) in [5.41, 5.74) is 9.24. The summed E-state index contributed by atoms with van der Waals surface area (Å²) in [6, 6.07) is 20.5. The molecule has 7 rings (SSSR count). The summed E-state index contributed by atoms with van der Waals surface area (Å²) in [4.78, 5) is 7.27. The number of aryl methyl sites for hydroxylation is 1. The van der Waals surface area contributed by atoms with Gasteiger partial charge in [0.15, 0.2) is 0 Å². The Bertz CT molecular complexity index is 1210. The molecule has 0 amide bonds. The first-order valence-corrected chi connectivity index (χ1v) is 14.2. The van der Waals surface area contributed by atoms with Crippen molar-refractivity contribution in [3.63, 3.8) is 0 Å². The summed E-state index contributed by atoms with van der Waals surface area (Å²) in [7, 11) is 0. The van der Waals surface area contributed by atoms with E-state index in [9.17, 15) is 0 Å². The Labute approximate surface area is 217 Å². The van der Waals surface area contributed by atoms with Gasteiger partial charge in [0.1, 0.15) is 0 Å². The third kappa shape index (κ3) is 4.11. The van der Waals surface area contributed by atoms with Crippen molar-refractivity contribution in [3.8, 4) is 5.69 Å². The van der Waals surface area contributed by atoms with Gasteiger partial charge in [0, 0.05) is 47.6 Å². The quantitative estimate of drug-likeness (QED) is 0.313. The number of aliphatic imine (C=N–C) groups is 1. The fourth-order valence-electron chi connectivity index (χ4n) is 8.23. The molecule has 1 heterocycles. The SMILES string of the molecule is CCN(CC)c1ccc(-n2c(C)cc(C=Nc3ccc(C45CC6CC(CC(C6)C4)C5)cc3)c2C)cc1. The van der Waals surface area contributed by atoms with E-state index >= 15 is 0 Å². The van der Waals surface area contributed by atoms with Crippen LogP contribution >= 0.6 is 0 Å². The van der Waals surface area contributed by atoms with Crippen molar-refractivity contribution in [3.05, 3.63) is 77.1 Å². The van der Waals surface area contributed by atoms with Crippen molar-refractivity contribution in [2.75, 3.05) is 18.0 Å². The molecule has 4 aliphatic carbocycles. The molecule has 0 radical (unpaired) electrons. The number of rotatable bonds is 7. The van der Waals surface area contributed by atoms with Gasteiger partial charge in [0.25, 0.3) is 0 Å². The van der Waals surface area contributed by atoms with Crippen LogP contribution in [-0.2, 0) is 5.41 Å². The number of aromatic nitrogens is 1. The Balaban J connectivity index is 1.20. The summed E-state index contributed by atoms with van der Waals surface area (Å²) in [5, 5.41) is 0. The minimum atomic E-state index is 0.461. The second kappa shape index (κ2) is 9.25. The fourth-order valence-corrected chi connectivity index (χ4v) is 8.23. The van der Waals surface area contributed by atoms with Gasteiger partial charge < -0.3 is 9.47 Å². The standard InChI is InChI=1S/C33H41N3/c1-5-35(6-2)31-11-13-32(14-12-31)36-23(3)15-28(24(36)4)22-34-30-9-7-29(8-10-30)33-19-25-16-26(20-33)18-27(17-25)21-33/h7-15,22,25-27H,5-6,16-21H2,1-4H3. The van der Waals surface area contributed by atoms with Gasteiger partial charge in [-0.1, -0.05) is 12.1 Å². The zero-order chi connectivity index (χ0) is 24.9. The van der Waals surface area contributed by atoms with Crippen LogP contribution in [0.3, 0.4) is 0 Å². The van der Waals surface area contributed by atoms with Crippen LogP contribution in [0.25, 0.3) is 5.69 Å². The average molecular weight is 480 g/mol. The van der Waals surface area contributed by atoms with Gasteiger partial charge >= 0.3 is 0 Å². The minimum Gasteiger partial charge on any atom is -0.372 e. The van der Waals surface area contributed by atoms with Crippen LogP contribution < -0.4 is 4.90 Å². The van der Waals surface area contributed by atoms with Crippen molar-refractivity contribution >= 4 is 17.6 Å². The van der Waals surface area contributed by atoms with Gasteiger partial charge in [-0.15, -0.1) is 0 Å². The largest absolute Gasteiger partial charge is 0.372 e. The maximum atomic E-state index is 4.89. The van der Waals surface area contributed by atoms with E-state index in [4.69, 9.17) is 4.99 Å². The van der Waals surface area contributed by atoms with Crippen LogP contribution in [0.4, 0.5) is 11.4 Å². The summed E-state index contributed by atoms with van der Waals surface area (Å²) >= 11 is 0. The molecule has 0 N–H and O–H groups in total. The number of benzene rings is 2. The highest BCUT2D eigenvalue weighted by Crippen LogP contribution is 2.60. The molecule has 188 valence electrons. The summed E-state index contributed by atoms with van der Waals surface area (Å²) < 4.78 is 2.34. The molecule has 2 aromatic carbocycles. The molecule has 1 aromatic heterocycles. The summed E-state index contributed by atoms with van der Waals surface area (Å²) in [5.74, 6) is 2.95. The van der Waals surface area contributed by atoms with Crippen molar-refractivity contribution < 1.29 is 0 Å². The maximum Gasteiger partial charge on any atom is 0.0630 e. The minimum absolute atomic E-state index is 0.461. The molecule has 0 aliphatic heterocycles. The zero-order valence-corrected chi connectivity index (χ0v) is 22.5. The van der Waals surface area contributed by atoms with Gasteiger partial charge in [0.2, 0.25) is 0 Å². The molecule has 3 heteroatoms. The van der Waals surface area contributed by atoms with Gasteiger partial charge in [-0.2, -0.15) is 0 Å². The average Bonchev–Trinajstić information content (AvgIpc) is 3.16. The van der Waals surface area contributed by atoms with E-state index in [1.54, 1.807) is 5.56 Å². The highest BCUT2D eigenvalue weighted by Gasteiger charge is 2.51. The molecular formula is C33H41N3. The Morgan fingerprint density at radius 1 is 0.861 bits per heavy atom. The molecule has 4 fully saturated rings. The van der Waals surface area contributed by atoms with Crippen LogP contribution in [0.2, 0.25) is 0 Å². The molecule has 0 atom stereocenters. The number of hydrogen-bond donors (Lipinski definition) is 0. The molecule has 3 aromatic rings. The third-order valence-corrected chi connectivity index (χ3v) is 9.58. The second-order valence-electron chi connectivity index (χ2n) is 11.9. The number of hydrogen-bond acceptors (Lipinski definition) is 2. The first kappa shape index (κ1) is 23.6. The molecule has 4 bridgehead atoms. The second-order valence-corrected chi connectivity index (χ2v) is 11.9. The molecule has 0 spiro atoms. The van der Waals surface area contributed by atoms with Gasteiger partial charge in [-0.25, -0.2) is 0 Å². The normalized spacial score (nSPS) is 26.7. The van der Waals surface area contributed by atoms with Gasteiger partial charge in [0.05, 0.1) is 5.69 Å². The van der Waals surface area contributed by atoms with Gasteiger partial charge in [-0.3, -0.25) is 4.99 Å².